The summed E-state index contributed by atoms with van der Waals surface area (Å²) in [6.07, 6.45) is 2.25. The van der Waals surface area contributed by atoms with Crippen LogP contribution in [0, 0.1) is 0 Å². The third-order valence-electron chi connectivity index (χ3n) is 5.06. The number of anilines is 2. The van der Waals surface area contributed by atoms with E-state index in [0.29, 0.717) is 6.42 Å². The first-order chi connectivity index (χ1) is 13.3. The molecule has 4 rings (SSSR count). The van der Waals surface area contributed by atoms with Crippen LogP contribution >= 0.6 is 0 Å². The van der Waals surface area contributed by atoms with Gasteiger partial charge in [-0.1, -0.05) is 36.4 Å². The molecule has 1 saturated heterocycles. The third kappa shape index (κ3) is 4.26. The molecule has 2 aromatic carbocycles. The molecule has 1 fully saturated rings. The van der Waals surface area contributed by atoms with E-state index in [1.807, 2.05) is 36.4 Å². The molecule has 27 heavy (non-hydrogen) atoms. The molecule has 1 aliphatic rings. The number of nitrogens with zero attached hydrogens (tertiary/aromatic N) is 3. The second kappa shape index (κ2) is 8.18. The molecule has 138 valence electrons. The van der Waals surface area contributed by atoms with Gasteiger partial charge in [0.05, 0.1) is 11.2 Å². The lowest BCUT2D eigenvalue weighted by atomic mass is 10.2. The number of fused-ring (bicyclic) bond motifs is 1. The fraction of sp³-hybridized carbons (Fsp3) is 0.273. The maximum absolute atomic E-state index is 12.4. The molecule has 1 N–H and O–H groups in total. The highest BCUT2D eigenvalue weighted by atomic mass is 16.1. The second-order valence-corrected chi connectivity index (χ2v) is 6.84. The van der Waals surface area contributed by atoms with Crippen molar-refractivity contribution in [3.05, 3.63) is 66.9 Å². The van der Waals surface area contributed by atoms with E-state index in [4.69, 9.17) is 0 Å². The van der Waals surface area contributed by atoms with Crippen LogP contribution in [0.4, 0.5) is 11.4 Å². The molecule has 1 amide bonds. The van der Waals surface area contributed by atoms with Crippen molar-refractivity contribution in [3.63, 3.8) is 0 Å². The van der Waals surface area contributed by atoms with Crippen molar-refractivity contribution >= 4 is 28.2 Å². The zero-order valence-corrected chi connectivity index (χ0v) is 15.3. The molecular weight excluding hydrogens is 336 g/mol. The first-order valence-corrected chi connectivity index (χ1v) is 9.45. The molecule has 0 unspecified atom stereocenters. The van der Waals surface area contributed by atoms with Crippen LogP contribution < -0.4 is 10.2 Å². The highest BCUT2D eigenvalue weighted by molar-refractivity contribution is 6.00. The van der Waals surface area contributed by atoms with Crippen molar-refractivity contribution < 1.29 is 4.79 Å². The van der Waals surface area contributed by atoms with Crippen LogP contribution in [0.5, 0.6) is 0 Å². The van der Waals surface area contributed by atoms with Crippen LogP contribution in [0.25, 0.3) is 10.9 Å². The van der Waals surface area contributed by atoms with Crippen molar-refractivity contribution in [2.75, 3.05) is 42.9 Å². The molecule has 2 heterocycles. The zero-order valence-electron chi connectivity index (χ0n) is 15.3. The highest BCUT2D eigenvalue weighted by Crippen LogP contribution is 2.21. The first-order valence-electron chi connectivity index (χ1n) is 9.45. The van der Waals surface area contributed by atoms with Crippen molar-refractivity contribution in [1.82, 2.24) is 9.88 Å². The predicted octanol–water partition coefficient (Wildman–Crippen LogP) is 3.39. The summed E-state index contributed by atoms with van der Waals surface area (Å²) in [5.41, 5.74) is 2.90. The number of benzene rings is 2. The van der Waals surface area contributed by atoms with Crippen LogP contribution in [-0.4, -0.2) is 48.5 Å². The Balaban J connectivity index is 1.28. The van der Waals surface area contributed by atoms with E-state index in [0.717, 1.165) is 49.3 Å². The van der Waals surface area contributed by atoms with Crippen molar-refractivity contribution in [1.29, 1.82) is 0 Å². The topological polar surface area (TPSA) is 48.5 Å². The van der Waals surface area contributed by atoms with E-state index >= 15 is 0 Å². The van der Waals surface area contributed by atoms with Gasteiger partial charge in [-0.05, 0) is 24.3 Å². The second-order valence-electron chi connectivity index (χ2n) is 6.84. The molecule has 0 atom stereocenters. The Labute approximate surface area is 159 Å². The number of hydrogen-bond donors (Lipinski definition) is 1. The smallest absolute Gasteiger partial charge is 0.225 e. The minimum Gasteiger partial charge on any atom is -0.369 e. The van der Waals surface area contributed by atoms with E-state index in [1.165, 1.54) is 5.69 Å². The number of para-hydroxylation sites is 2. The number of amides is 1. The maximum atomic E-state index is 12.4. The lowest BCUT2D eigenvalue weighted by molar-refractivity contribution is -0.116. The number of carbonyl (C=O) groups excluding carboxylic acids is 1. The van der Waals surface area contributed by atoms with Gasteiger partial charge in [0, 0.05) is 56.4 Å². The Hall–Kier alpha value is -2.92. The number of piperazine rings is 1. The molecular formula is C22H24N4O. The van der Waals surface area contributed by atoms with E-state index in [1.54, 1.807) is 6.20 Å². The Morgan fingerprint density at radius 2 is 1.70 bits per heavy atom. The average Bonchev–Trinajstić information content (AvgIpc) is 2.74. The largest absolute Gasteiger partial charge is 0.369 e. The molecule has 1 aliphatic heterocycles. The summed E-state index contributed by atoms with van der Waals surface area (Å²) in [7, 11) is 0. The number of nitrogens with one attached hydrogen (secondary N) is 1. The maximum Gasteiger partial charge on any atom is 0.225 e. The Kier molecular flexibility index (Phi) is 5.30. The Morgan fingerprint density at radius 1 is 0.926 bits per heavy atom. The summed E-state index contributed by atoms with van der Waals surface area (Å²) in [5.74, 6) is 0.0404. The van der Waals surface area contributed by atoms with Gasteiger partial charge in [0.1, 0.15) is 0 Å². The lowest BCUT2D eigenvalue weighted by Crippen LogP contribution is -2.47. The van der Waals surface area contributed by atoms with Gasteiger partial charge in [0.15, 0.2) is 0 Å². The molecule has 1 aromatic heterocycles. The van der Waals surface area contributed by atoms with Gasteiger partial charge in [-0.2, -0.15) is 0 Å². The average molecular weight is 360 g/mol. The fourth-order valence-electron chi connectivity index (χ4n) is 3.55. The summed E-state index contributed by atoms with van der Waals surface area (Å²) in [4.78, 5) is 21.6. The standard InChI is InChI=1S/C22H24N4O/c27-21(24-20-10-4-6-18-7-5-12-23-22(18)20)11-13-25-14-16-26(17-15-25)19-8-2-1-3-9-19/h1-10,12H,11,13-17H2,(H,24,27). The molecule has 0 bridgehead atoms. The van der Waals surface area contributed by atoms with Crippen molar-refractivity contribution in [2.45, 2.75) is 6.42 Å². The van der Waals surface area contributed by atoms with Gasteiger partial charge in [-0.3, -0.25) is 14.7 Å². The van der Waals surface area contributed by atoms with Gasteiger partial charge >= 0.3 is 0 Å². The van der Waals surface area contributed by atoms with Gasteiger partial charge in [0.25, 0.3) is 0 Å². The minimum atomic E-state index is 0.0404. The predicted molar refractivity (Wildman–Crippen MR) is 110 cm³/mol. The fourth-order valence-corrected chi connectivity index (χ4v) is 3.55. The Morgan fingerprint density at radius 3 is 2.52 bits per heavy atom. The van der Waals surface area contributed by atoms with Crippen molar-refractivity contribution in [3.8, 4) is 0 Å². The molecule has 0 saturated carbocycles. The molecule has 0 radical (unpaired) electrons. The van der Waals surface area contributed by atoms with Gasteiger partial charge in [-0.25, -0.2) is 0 Å². The van der Waals surface area contributed by atoms with Crippen LogP contribution in [0.3, 0.4) is 0 Å². The van der Waals surface area contributed by atoms with E-state index in [2.05, 4.69) is 44.4 Å². The van der Waals surface area contributed by atoms with Crippen LogP contribution in [0.2, 0.25) is 0 Å². The Bertz CT molecular complexity index is 899. The molecule has 5 nitrogen and oxygen atoms in total. The summed E-state index contributed by atoms with van der Waals surface area (Å²) < 4.78 is 0. The molecule has 5 heteroatoms. The van der Waals surface area contributed by atoms with E-state index in [-0.39, 0.29) is 5.91 Å². The number of carbonyl (C=O) groups is 1. The summed E-state index contributed by atoms with van der Waals surface area (Å²) >= 11 is 0. The summed E-state index contributed by atoms with van der Waals surface area (Å²) in [6.45, 7) is 4.75. The highest BCUT2D eigenvalue weighted by Gasteiger charge is 2.17. The lowest BCUT2D eigenvalue weighted by Gasteiger charge is -2.36. The normalized spacial score (nSPS) is 15.0. The quantitative estimate of drug-likeness (QED) is 0.758. The number of hydrogen-bond acceptors (Lipinski definition) is 4. The van der Waals surface area contributed by atoms with Crippen LogP contribution in [0.15, 0.2) is 66.9 Å². The number of pyridine rings is 1. The van der Waals surface area contributed by atoms with Crippen molar-refractivity contribution in [2.24, 2.45) is 0 Å². The molecule has 0 spiro atoms. The van der Waals surface area contributed by atoms with Crippen LogP contribution in [-0.2, 0) is 4.79 Å². The third-order valence-corrected chi connectivity index (χ3v) is 5.06. The molecule has 0 aliphatic carbocycles. The summed E-state index contributed by atoms with van der Waals surface area (Å²) in [5, 5.41) is 4.06. The first kappa shape index (κ1) is 17.5. The number of rotatable bonds is 5. The monoisotopic (exact) mass is 360 g/mol. The van der Waals surface area contributed by atoms with E-state index in [9.17, 15) is 4.79 Å². The minimum absolute atomic E-state index is 0.0404. The number of aromatic nitrogens is 1. The zero-order chi connectivity index (χ0) is 18.5. The SMILES string of the molecule is O=C(CCN1CCN(c2ccccc2)CC1)Nc1cccc2cccnc12. The van der Waals surface area contributed by atoms with Crippen LogP contribution in [0.1, 0.15) is 6.42 Å². The molecule has 3 aromatic rings. The van der Waals surface area contributed by atoms with Gasteiger partial charge < -0.3 is 10.2 Å². The van der Waals surface area contributed by atoms with Gasteiger partial charge in [0.2, 0.25) is 5.91 Å². The van der Waals surface area contributed by atoms with Gasteiger partial charge in [-0.15, -0.1) is 0 Å². The summed E-state index contributed by atoms with van der Waals surface area (Å²) in [6, 6.07) is 20.3. The van der Waals surface area contributed by atoms with E-state index < -0.39 is 0 Å².